The molecular weight excluding hydrogens is 679 g/mol. The zero-order chi connectivity index (χ0) is 32.9. The molecule has 2 aliphatic carbocycles. The van der Waals surface area contributed by atoms with E-state index in [4.69, 9.17) is 0 Å². The fourth-order valence-electron chi connectivity index (χ4n) is 4.75. The molecule has 0 aliphatic heterocycles. The maximum absolute atomic E-state index is 3.78. The summed E-state index contributed by atoms with van der Waals surface area (Å²) in [7, 11) is 0. The SMILES string of the molecule is CC(C)(C)c1c[c-]c2c(c1)-c1cc(C(C)(C)C)ccc1C2.Cl.Cl.[C-]1=CC=CC1.[CH2-]c1cccc(C)c1.[CH2-]c1cccc(C)c1.[CH2]=[Zr]. The molecule has 246 valence electrons. The van der Waals surface area contributed by atoms with Gasteiger partial charge in [0.15, 0.2) is 0 Å². The summed E-state index contributed by atoms with van der Waals surface area (Å²) in [6, 6.07) is 31.3. The van der Waals surface area contributed by atoms with Crippen LogP contribution in [0.2, 0.25) is 0 Å². The Morgan fingerprint density at radius 2 is 1.22 bits per heavy atom. The van der Waals surface area contributed by atoms with Crippen molar-refractivity contribution in [2.45, 2.75) is 79.1 Å². The van der Waals surface area contributed by atoms with Crippen molar-refractivity contribution in [3.05, 3.63) is 168 Å². The molecule has 4 aromatic carbocycles. The molecule has 0 atom stereocenters. The van der Waals surface area contributed by atoms with Crippen LogP contribution in [-0.2, 0) is 41.5 Å². The molecule has 0 radical (unpaired) electrons. The van der Waals surface area contributed by atoms with E-state index in [9.17, 15) is 0 Å². The van der Waals surface area contributed by atoms with Crippen molar-refractivity contribution < 1.29 is 24.2 Å². The first kappa shape index (κ1) is 43.4. The first-order chi connectivity index (χ1) is 20.7. The van der Waals surface area contributed by atoms with E-state index in [1.165, 1.54) is 68.7 Å². The zero-order valence-corrected chi connectivity index (χ0v) is 33.2. The van der Waals surface area contributed by atoms with E-state index in [1.807, 2.05) is 36.4 Å². The summed E-state index contributed by atoms with van der Waals surface area (Å²) in [4.78, 5) is 0. The van der Waals surface area contributed by atoms with Crippen LogP contribution >= 0.6 is 24.8 Å². The molecule has 0 heterocycles. The van der Waals surface area contributed by atoms with Gasteiger partial charge in [-0.25, -0.2) is 12.2 Å². The van der Waals surface area contributed by atoms with Crippen molar-refractivity contribution >= 4 is 29.0 Å². The minimum absolute atomic E-state index is 0. The molecule has 4 aromatic rings. The van der Waals surface area contributed by atoms with E-state index in [-0.39, 0.29) is 35.6 Å². The van der Waals surface area contributed by atoms with Crippen LogP contribution in [0.5, 0.6) is 0 Å². The van der Waals surface area contributed by atoms with Gasteiger partial charge in [-0.2, -0.15) is 84.6 Å². The molecule has 0 saturated carbocycles. The number of fused-ring (bicyclic) bond motifs is 3. The van der Waals surface area contributed by atoms with Crippen molar-refractivity contribution in [1.82, 2.24) is 0 Å². The molecule has 0 spiro atoms. The van der Waals surface area contributed by atoms with Crippen molar-refractivity contribution in [2.24, 2.45) is 0 Å². The van der Waals surface area contributed by atoms with Gasteiger partial charge in [0.1, 0.15) is 0 Å². The zero-order valence-electron chi connectivity index (χ0n) is 29.1. The molecule has 0 nitrogen and oxygen atoms in total. The fraction of sp³-hybridized carbons (Fsp3) is 0.279. The maximum atomic E-state index is 3.78. The fourth-order valence-corrected chi connectivity index (χ4v) is 4.75. The molecule has 0 bridgehead atoms. The predicted octanol–water partition coefficient (Wildman–Crippen LogP) is 12.1. The molecule has 6 rings (SSSR count). The Labute approximate surface area is 309 Å². The van der Waals surface area contributed by atoms with Crippen LogP contribution in [0.25, 0.3) is 11.1 Å². The van der Waals surface area contributed by atoms with Crippen molar-refractivity contribution in [2.75, 3.05) is 0 Å². The third kappa shape index (κ3) is 14.5. The van der Waals surface area contributed by atoms with Crippen LogP contribution in [0.15, 0.2) is 97.1 Å². The monoisotopic (exact) mass is 728 g/mol. The molecule has 0 saturated heterocycles. The summed E-state index contributed by atoms with van der Waals surface area (Å²) in [6.07, 6.45) is 11.0. The van der Waals surface area contributed by atoms with E-state index >= 15 is 0 Å². The van der Waals surface area contributed by atoms with E-state index in [2.05, 4.69) is 146 Å². The van der Waals surface area contributed by atoms with Gasteiger partial charge in [0, 0.05) is 0 Å². The van der Waals surface area contributed by atoms with Crippen molar-refractivity contribution in [3.8, 4) is 11.1 Å². The molecule has 0 N–H and O–H groups in total. The summed E-state index contributed by atoms with van der Waals surface area (Å²) in [5.41, 5.74) is 13.5. The summed E-state index contributed by atoms with van der Waals surface area (Å²) in [5.74, 6) is 0. The van der Waals surface area contributed by atoms with Gasteiger partial charge >= 0.3 is 28.4 Å². The minimum atomic E-state index is 0. The van der Waals surface area contributed by atoms with Crippen LogP contribution < -0.4 is 0 Å². The van der Waals surface area contributed by atoms with Gasteiger partial charge in [-0.05, 0) is 17.4 Å². The van der Waals surface area contributed by atoms with E-state index in [0.29, 0.717) is 0 Å². The van der Waals surface area contributed by atoms with Gasteiger partial charge in [-0.3, -0.25) is 6.08 Å². The Morgan fingerprint density at radius 1 is 0.696 bits per heavy atom. The molecule has 2 aliphatic rings. The summed E-state index contributed by atoms with van der Waals surface area (Å²) < 4.78 is 3.34. The molecule has 0 aromatic heterocycles. The Bertz CT molecular complexity index is 1400. The van der Waals surface area contributed by atoms with Crippen LogP contribution in [0.1, 0.15) is 92.5 Å². The third-order valence-electron chi connectivity index (χ3n) is 7.28. The Hall–Kier alpha value is -2.57. The van der Waals surface area contributed by atoms with E-state index in [0.717, 1.165) is 24.0 Å². The predicted molar refractivity (Wildman–Crippen MR) is 205 cm³/mol. The van der Waals surface area contributed by atoms with Gasteiger partial charge < -0.3 is 0 Å². The Balaban J connectivity index is 0.000000669. The van der Waals surface area contributed by atoms with Gasteiger partial charge in [0.05, 0.1) is 0 Å². The topological polar surface area (TPSA) is 0 Å². The Kier molecular flexibility index (Phi) is 19.5. The molecular formula is C43H52Cl2Zr-4. The van der Waals surface area contributed by atoms with Crippen molar-refractivity contribution in [3.63, 3.8) is 0 Å². The Morgan fingerprint density at radius 3 is 1.59 bits per heavy atom. The summed E-state index contributed by atoms with van der Waals surface area (Å²) >= 11 is 1.30. The second kappa shape index (κ2) is 20.6. The van der Waals surface area contributed by atoms with E-state index < -0.39 is 0 Å². The molecule has 46 heavy (non-hydrogen) atoms. The number of hydrogen-bond donors (Lipinski definition) is 0. The second-order valence-electron chi connectivity index (χ2n) is 13.3. The van der Waals surface area contributed by atoms with E-state index in [1.54, 1.807) is 0 Å². The number of allylic oxidation sites excluding steroid dienone is 4. The number of hydrogen-bond acceptors (Lipinski definition) is 0. The van der Waals surface area contributed by atoms with Crippen LogP contribution in [0.3, 0.4) is 0 Å². The standard InChI is InChI=1S/C21H25.2C8H9.C5H5.CH2.2ClH.Zr/c1-20(2,3)16-9-7-14-11-15-8-10-17(21(4,5)6)13-19(15)18(14)12-16;2*1-7-4-3-5-8(2)6-7;1-2-4-5-3-1;;;;/h7,9-10,12-13H,11H2,1-6H3;2*3-6H,1H2,2H3;1-3H,4H2;1H2;2*1H;/q4*-1;;;;. The number of aryl methyl sites for hydroxylation is 2. The van der Waals surface area contributed by atoms with Crippen molar-refractivity contribution in [1.29, 1.82) is 0 Å². The molecule has 0 amide bonds. The first-order valence-electron chi connectivity index (χ1n) is 15.3. The van der Waals surface area contributed by atoms with Gasteiger partial charge in [0.25, 0.3) is 0 Å². The normalized spacial score (nSPS) is 11.5. The van der Waals surface area contributed by atoms with Crippen LogP contribution in [0, 0.1) is 39.8 Å². The van der Waals surface area contributed by atoms with Gasteiger partial charge in [-0.15, -0.1) is 60.1 Å². The first-order valence-corrected chi connectivity index (χ1v) is 17.0. The quantitative estimate of drug-likeness (QED) is 0.139. The van der Waals surface area contributed by atoms with Gasteiger partial charge in [0.2, 0.25) is 0 Å². The average molecular weight is 731 g/mol. The second-order valence-corrected chi connectivity index (χ2v) is 13.3. The van der Waals surface area contributed by atoms with Crippen LogP contribution in [0.4, 0.5) is 0 Å². The molecule has 3 heteroatoms. The van der Waals surface area contributed by atoms with Gasteiger partial charge in [-0.1, -0.05) is 102 Å². The number of rotatable bonds is 0. The summed E-state index contributed by atoms with van der Waals surface area (Å²) in [6.45, 7) is 25.3. The van der Waals surface area contributed by atoms with Crippen LogP contribution in [-0.4, -0.2) is 4.21 Å². The molecule has 0 fully saturated rings. The third-order valence-corrected chi connectivity index (χ3v) is 7.28. The average Bonchev–Trinajstić information content (AvgIpc) is 3.65. The molecule has 0 unspecified atom stereocenters. The summed E-state index contributed by atoms with van der Waals surface area (Å²) in [5, 5.41) is 0. The number of halogens is 2. The number of benzene rings is 4.